The molecule has 0 aliphatic rings. The Balaban J connectivity index is 2.11. The second kappa shape index (κ2) is 4.52. The standard InChI is InChI=1S/C16H15NO2/c1-10-3-5-13(7-11(10)2)16-17-14-8-12(9-18)4-6-15(14)19-16/h3-8,18H,9H2,1-2H3. The Morgan fingerprint density at radius 3 is 2.63 bits per heavy atom. The van der Waals surface area contributed by atoms with Crippen molar-refractivity contribution in [2.45, 2.75) is 20.5 Å². The number of nitrogens with zero attached hydrogens (tertiary/aromatic N) is 1. The lowest BCUT2D eigenvalue weighted by molar-refractivity contribution is 0.282. The second-order valence-electron chi connectivity index (χ2n) is 4.78. The van der Waals surface area contributed by atoms with Gasteiger partial charge in [-0.2, -0.15) is 0 Å². The van der Waals surface area contributed by atoms with Gasteiger partial charge in [-0.1, -0.05) is 12.1 Å². The summed E-state index contributed by atoms with van der Waals surface area (Å²) in [7, 11) is 0. The van der Waals surface area contributed by atoms with Crippen molar-refractivity contribution in [1.29, 1.82) is 0 Å². The third kappa shape index (κ3) is 2.13. The highest BCUT2D eigenvalue weighted by Gasteiger charge is 2.09. The van der Waals surface area contributed by atoms with E-state index in [0.29, 0.717) is 5.89 Å². The quantitative estimate of drug-likeness (QED) is 0.759. The van der Waals surface area contributed by atoms with Gasteiger partial charge >= 0.3 is 0 Å². The molecule has 0 aliphatic heterocycles. The minimum atomic E-state index is 0.0156. The van der Waals surface area contributed by atoms with Gasteiger partial charge in [-0.25, -0.2) is 4.98 Å². The molecule has 0 fully saturated rings. The van der Waals surface area contributed by atoms with Crippen LogP contribution in [-0.2, 0) is 6.61 Å². The first-order chi connectivity index (χ1) is 9.17. The third-order valence-corrected chi connectivity index (χ3v) is 3.39. The Labute approximate surface area is 111 Å². The Hall–Kier alpha value is -2.13. The summed E-state index contributed by atoms with van der Waals surface area (Å²) in [5, 5.41) is 9.13. The normalized spacial score (nSPS) is 11.1. The van der Waals surface area contributed by atoms with Crippen molar-refractivity contribution in [3.63, 3.8) is 0 Å². The summed E-state index contributed by atoms with van der Waals surface area (Å²) in [6, 6.07) is 11.7. The molecule has 0 saturated heterocycles. The molecule has 3 heteroatoms. The highest BCUT2D eigenvalue weighted by atomic mass is 16.3. The first-order valence-corrected chi connectivity index (χ1v) is 6.25. The number of aliphatic hydroxyl groups excluding tert-OH is 1. The van der Waals surface area contributed by atoms with Gasteiger partial charge in [0.05, 0.1) is 6.61 Å². The minimum Gasteiger partial charge on any atom is -0.436 e. The van der Waals surface area contributed by atoms with Crippen molar-refractivity contribution in [1.82, 2.24) is 4.98 Å². The summed E-state index contributed by atoms with van der Waals surface area (Å²) in [4.78, 5) is 4.48. The lowest BCUT2D eigenvalue weighted by Gasteiger charge is -2.01. The molecule has 0 amide bonds. The fourth-order valence-electron chi connectivity index (χ4n) is 2.07. The van der Waals surface area contributed by atoms with E-state index in [-0.39, 0.29) is 6.61 Å². The van der Waals surface area contributed by atoms with Gasteiger partial charge in [0.25, 0.3) is 0 Å². The predicted octanol–water partition coefficient (Wildman–Crippen LogP) is 3.60. The average Bonchev–Trinajstić information content (AvgIpc) is 2.84. The fraction of sp³-hybridized carbons (Fsp3) is 0.188. The zero-order valence-electron chi connectivity index (χ0n) is 11.0. The molecule has 0 unspecified atom stereocenters. The number of rotatable bonds is 2. The molecule has 0 atom stereocenters. The van der Waals surface area contributed by atoms with Crippen molar-refractivity contribution >= 4 is 11.1 Å². The molecule has 96 valence electrons. The molecule has 0 saturated carbocycles. The number of fused-ring (bicyclic) bond motifs is 1. The number of benzene rings is 2. The van der Waals surface area contributed by atoms with Crippen LogP contribution in [0.1, 0.15) is 16.7 Å². The van der Waals surface area contributed by atoms with Crippen molar-refractivity contribution in [2.24, 2.45) is 0 Å². The van der Waals surface area contributed by atoms with Crippen molar-refractivity contribution in [3.8, 4) is 11.5 Å². The van der Waals surface area contributed by atoms with Crippen LogP contribution in [0.4, 0.5) is 0 Å². The highest BCUT2D eigenvalue weighted by molar-refractivity contribution is 5.77. The molecule has 1 heterocycles. The van der Waals surface area contributed by atoms with Gasteiger partial charge in [0.15, 0.2) is 5.58 Å². The number of aliphatic hydroxyl groups is 1. The van der Waals surface area contributed by atoms with Crippen LogP contribution in [-0.4, -0.2) is 10.1 Å². The smallest absolute Gasteiger partial charge is 0.227 e. The summed E-state index contributed by atoms with van der Waals surface area (Å²) in [6.45, 7) is 4.17. The number of hydrogen-bond acceptors (Lipinski definition) is 3. The summed E-state index contributed by atoms with van der Waals surface area (Å²) in [5.41, 5.74) is 5.81. The van der Waals surface area contributed by atoms with Gasteiger partial charge in [0.2, 0.25) is 5.89 Å². The highest BCUT2D eigenvalue weighted by Crippen LogP contribution is 2.26. The van der Waals surface area contributed by atoms with Crippen molar-refractivity contribution in [2.75, 3.05) is 0 Å². The molecule has 3 nitrogen and oxygen atoms in total. The molecule has 0 spiro atoms. The first kappa shape index (κ1) is 11.9. The second-order valence-corrected chi connectivity index (χ2v) is 4.78. The van der Waals surface area contributed by atoms with Crippen molar-refractivity contribution < 1.29 is 9.52 Å². The summed E-state index contributed by atoms with van der Waals surface area (Å²) in [6.07, 6.45) is 0. The monoisotopic (exact) mass is 253 g/mol. The van der Waals surface area contributed by atoms with Crippen LogP contribution in [0.25, 0.3) is 22.6 Å². The number of aromatic nitrogens is 1. The van der Waals surface area contributed by atoms with Crippen LogP contribution in [0.2, 0.25) is 0 Å². The lowest BCUT2D eigenvalue weighted by atomic mass is 10.1. The zero-order valence-corrected chi connectivity index (χ0v) is 11.0. The predicted molar refractivity (Wildman–Crippen MR) is 74.8 cm³/mol. The van der Waals surface area contributed by atoms with Gasteiger partial charge in [0, 0.05) is 5.56 Å². The maximum absolute atomic E-state index is 9.13. The molecule has 0 aliphatic carbocycles. The van der Waals surface area contributed by atoms with Crippen LogP contribution in [0.15, 0.2) is 40.8 Å². The SMILES string of the molecule is Cc1ccc(-c2nc3cc(CO)ccc3o2)cc1C. The van der Waals surface area contributed by atoms with Crippen molar-refractivity contribution in [3.05, 3.63) is 53.1 Å². The molecule has 0 bridgehead atoms. The number of aryl methyl sites for hydroxylation is 2. The Morgan fingerprint density at radius 1 is 1.05 bits per heavy atom. The van der Waals surface area contributed by atoms with E-state index in [1.54, 1.807) is 0 Å². The van der Waals surface area contributed by atoms with Gasteiger partial charge < -0.3 is 9.52 Å². The van der Waals surface area contributed by atoms with E-state index in [2.05, 4.69) is 31.0 Å². The van der Waals surface area contributed by atoms with Gasteiger partial charge in [-0.3, -0.25) is 0 Å². The molecule has 2 aromatic carbocycles. The summed E-state index contributed by atoms with van der Waals surface area (Å²) in [5.74, 6) is 0.619. The van der Waals surface area contributed by atoms with E-state index >= 15 is 0 Å². The molecule has 1 aromatic heterocycles. The molecule has 3 rings (SSSR count). The van der Waals surface area contributed by atoms with Gasteiger partial charge in [-0.15, -0.1) is 0 Å². The van der Waals surface area contributed by atoms with Crippen LogP contribution < -0.4 is 0 Å². The molecular formula is C16H15NO2. The van der Waals surface area contributed by atoms with E-state index in [1.165, 1.54) is 11.1 Å². The van der Waals surface area contributed by atoms with Crippen LogP contribution >= 0.6 is 0 Å². The third-order valence-electron chi connectivity index (χ3n) is 3.39. The molecule has 0 radical (unpaired) electrons. The van der Waals surface area contributed by atoms with Crippen LogP contribution in [0.5, 0.6) is 0 Å². The average molecular weight is 253 g/mol. The lowest BCUT2D eigenvalue weighted by Crippen LogP contribution is -1.83. The van der Waals surface area contributed by atoms with E-state index in [9.17, 15) is 0 Å². The molecule has 1 N–H and O–H groups in total. The van der Waals surface area contributed by atoms with E-state index < -0.39 is 0 Å². The molecular weight excluding hydrogens is 238 g/mol. The maximum atomic E-state index is 9.13. The molecule has 3 aromatic rings. The topological polar surface area (TPSA) is 46.3 Å². The zero-order chi connectivity index (χ0) is 13.4. The Morgan fingerprint density at radius 2 is 1.89 bits per heavy atom. The first-order valence-electron chi connectivity index (χ1n) is 6.25. The van der Waals surface area contributed by atoms with Crippen LogP contribution in [0, 0.1) is 13.8 Å². The van der Waals surface area contributed by atoms with E-state index in [0.717, 1.165) is 22.2 Å². The number of oxazole rings is 1. The van der Waals surface area contributed by atoms with E-state index in [1.807, 2.05) is 24.3 Å². The van der Waals surface area contributed by atoms with Gasteiger partial charge in [0.1, 0.15) is 5.52 Å². The fourth-order valence-corrected chi connectivity index (χ4v) is 2.07. The minimum absolute atomic E-state index is 0.0156. The van der Waals surface area contributed by atoms with Gasteiger partial charge in [-0.05, 0) is 54.8 Å². The Kier molecular flexibility index (Phi) is 2.84. The summed E-state index contributed by atoms with van der Waals surface area (Å²) < 4.78 is 5.76. The van der Waals surface area contributed by atoms with Crippen LogP contribution in [0.3, 0.4) is 0 Å². The largest absolute Gasteiger partial charge is 0.436 e. The molecule has 19 heavy (non-hydrogen) atoms. The summed E-state index contributed by atoms with van der Waals surface area (Å²) >= 11 is 0. The Bertz CT molecular complexity index is 744. The number of hydrogen-bond donors (Lipinski definition) is 1. The van der Waals surface area contributed by atoms with E-state index in [4.69, 9.17) is 9.52 Å². The maximum Gasteiger partial charge on any atom is 0.227 e.